The van der Waals surface area contributed by atoms with Gasteiger partial charge in [-0.3, -0.25) is 4.79 Å². The highest BCUT2D eigenvalue weighted by Crippen LogP contribution is 2.41. The van der Waals surface area contributed by atoms with Crippen molar-refractivity contribution in [2.75, 3.05) is 11.9 Å². The molecule has 1 fully saturated rings. The van der Waals surface area contributed by atoms with Crippen LogP contribution >= 0.6 is 0 Å². The zero-order chi connectivity index (χ0) is 10.7. The second-order valence-corrected chi connectivity index (χ2v) is 4.11. The van der Waals surface area contributed by atoms with Gasteiger partial charge in [0, 0.05) is 5.69 Å². The summed E-state index contributed by atoms with van der Waals surface area (Å²) < 4.78 is 0. The van der Waals surface area contributed by atoms with E-state index >= 15 is 0 Å². The van der Waals surface area contributed by atoms with Crippen molar-refractivity contribution < 1.29 is 9.90 Å². The van der Waals surface area contributed by atoms with Gasteiger partial charge in [0.25, 0.3) is 0 Å². The first-order valence-electron chi connectivity index (χ1n) is 5.24. The third kappa shape index (κ3) is 1.88. The van der Waals surface area contributed by atoms with Crippen molar-refractivity contribution in [2.45, 2.75) is 19.3 Å². The van der Waals surface area contributed by atoms with Gasteiger partial charge in [-0.15, -0.1) is 0 Å². The highest BCUT2D eigenvalue weighted by atomic mass is 16.3. The summed E-state index contributed by atoms with van der Waals surface area (Å²) in [6.07, 6.45) is 2.62. The van der Waals surface area contributed by atoms with Crippen molar-refractivity contribution in [1.82, 2.24) is 0 Å². The first kappa shape index (κ1) is 10.2. The molecule has 0 heterocycles. The molecule has 80 valence electrons. The quantitative estimate of drug-likeness (QED) is 0.790. The van der Waals surface area contributed by atoms with Gasteiger partial charge in [-0.1, -0.05) is 24.6 Å². The number of carbonyl (C=O) groups excluding carboxylic acids is 1. The number of aliphatic hydroxyl groups excluding tert-OH is 1. The van der Waals surface area contributed by atoms with Crippen LogP contribution in [0.2, 0.25) is 0 Å². The molecule has 0 aliphatic heterocycles. The van der Waals surface area contributed by atoms with Crippen LogP contribution in [0.1, 0.15) is 19.3 Å². The first-order valence-corrected chi connectivity index (χ1v) is 5.24. The lowest BCUT2D eigenvalue weighted by Gasteiger charge is -2.38. The predicted octanol–water partition coefficient (Wildman–Crippen LogP) is 1.79. The van der Waals surface area contributed by atoms with E-state index in [0.29, 0.717) is 0 Å². The molecule has 0 unspecified atom stereocenters. The molecule has 1 aromatic rings. The molecule has 1 aliphatic rings. The number of nitrogens with one attached hydrogen (secondary N) is 1. The van der Waals surface area contributed by atoms with E-state index < -0.39 is 5.41 Å². The second-order valence-electron chi connectivity index (χ2n) is 4.11. The lowest BCUT2D eigenvalue weighted by atomic mass is 9.68. The molecule has 0 radical (unpaired) electrons. The van der Waals surface area contributed by atoms with Crippen molar-refractivity contribution in [3.63, 3.8) is 0 Å². The van der Waals surface area contributed by atoms with E-state index in [2.05, 4.69) is 5.32 Å². The van der Waals surface area contributed by atoms with Crippen LogP contribution in [-0.4, -0.2) is 17.6 Å². The molecule has 1 saturated carbocycles. The molecular weight excluding hydrogens is 190 g/mol. The van der Waals surface area contributed by atoms with E-state index in [9.17, 15) is 9.90 Å². The van der Waals surface area contributed by atoms with Crippen molar-refractivity contribution in [2.24, 2.45) is 5.41 Å². The maximum absolute atomic E-state index is 11.9. The number of carbonyl (C=O) groups is 1. The van der Waals surface area contributed by atoms with Gasteiger partial charge in [0.05, 0.1) is 12.0 Å². The summed E-state index contributed by atoms with van der Waals surface area (Å²) >= 11 is 0. The van der Waals surface area contributed by atoms with Crippen LogP contribution in [0, 0.1) is 5.41 Å². The molecule has 1 aromatic carbocycles. The van der Waals surface area contributed by atoms with Crippen LogP contribution < -0.4 is 5.32 Å². The molecule has 0 spiro atoms. The monoisotopic (exact) mass is 205 g/mol. The molecule has 0 aromatic heterocycles. The van der Waals surface area contributed by atoms with Crippen LogP contribution in [0.15, 0.2) is 30.3 Å². The van der Waals surface area contributed by atoms with Gasteiger partial charge in [0.15, 0.2) is 0 Å². The standard InChI is InChI=1S/C12H15NO2/c14-9-12(7-4-8-12)11(15)13-10-5-2-1-3-6-10/h1-3,5-6,14H,4,7-9H2,(H,13,15). The summed E-state index contributed by atoms with van der Waals surface area (Å²) in [6, 6.07) is 9.36. The minimum atomic E-state index is -0.518. The fraction of sp³-hybridized carbons (Fsp3) is 0.417. The highest BCUT2D eigenvalue weighted by molar-refractivity contribution is 5.95. The fourth-order valence-corrected chi connectivity index (χ4v) is 1.85. The Morgan fingerprint density at radius 1 is 1.33 bits per heavy atom. The Labute approximate surface area is 89.1 Å². The SMILES string of the molecule is O=C(Nc1ccccc1)C1(CO)CCC1. The topological polar surface area (TPSA) is 49.3 Å². The largest absolute Gasteiger partial charge is 0.395 e. The summed E-state index contributed by atoms with van der Waals surface area (Å²) in [5.74, 6) is -0.0533. The zero-order valence-electron chi connectivity index (χ0n) is 8.57. The molecule has 1 aliphatic carbocycles. The molecule has 0 bridgehead atoms. The summed E-state index contributed by atoms with van der Waals surface area (Å²) in [6.45, 7) is -0.0499. The van der Waals surface area contributed by atoms with Crippen LogP contribution in [-0.2, 0) is 4.79 Å². The van der Waals surface area contributed by atoms with Gasteiger partial charge < -0.3 is 10.4 Å². The minimum absolute atomic E-state index is 0.0499. The highest BCUT2D eigenvalue weighted by Gasteiger charge is 2.43. The summed E-state index contributed by atoms with van der Waals surface area (Å²) in [4.78, 5) is 11.9. The van der Waals surface area contributed by atoms with Crippen LogP contribution in [0.25, 0.3) is 0 Å². The zero-order valence-corrected chi connectivity index (χ0v) is 8.57. The van der Waals surface area contributed by atoms with Crippen molar-refractivity contribution in [1.29, 1.82) is 0 Å². The summed E-state index contributed by atoms with van der Waals surface area (Å²) in [5.41, 5.74) is 0.276. The maximum atomic E-state index is 11.9. The van der Waals surface area contributed by atoms with E-state index in [1.54, 1.807) is 0 Å². The van der Waals surface area contributed by atoms with E-state index in [0.717, 1.165) is 24.9 Å². The first-order chi connectivity index (χ1) is 7.27. The normalized spacial score (nSPS) is 17.9. The number of anilines is 1. The Hall–Kier alpha value is -1.35. The Bertz CT molecular complexity index is 338. The van der Waals surface area contributed by atoms with Crippen molar-refractivity contribution in [3.8, 4) is 0 Å². The molecular formula is C12H15NO2. The third-order valence-electron chi connectivity index (χ3n) is 3.13. The predicted molar refractivity (Wildman–Crippen MR) is 58.4 cm³/mol. The molecule has 3 heteroatoms. The summed E-state index contributed by atoms with van der Waals surface area (Å²) in [5, 5.41) is 12.1. The average Bonchev–Trinajstić information content (AvgIpc) is 2.18. The van der Waals surface area contributed by atoms with Crippen LogP contribution in [0.5, 0.6) is 0 Å². The molecule has 2 N–H and O–H groups in total. The van der Waals surface area contributed by atoms with Crippen LogP contribution in [0.3, 0.4) is 0 Å². The number of para-hydroxylation sites is 1. The van der Waals surface area contributed by atoms with Gasteiger partial charge in [-0.05, 0) is 25.0 Å². The van der Waals surface area contributed by atoms with Gasteiger partial charge in [0.2, 0.25) is 5.91 Å². The van der Waals surface area contributed by atoms with Gasteiger partial charge >= 0.3 is 0 Å². The number of benzene rings is 1. The number of hydrogen-bond acceptors (Lipinski definition) is 2. The Balaban J connectivity index is 2.04. The lowest BCUT2D eigenvalue weighted by Crippen LogP contribution is -2.44. The Morgan fingerprint density at radius 2 is 2.00 bits per heavy atom. The van der Waals surface area contributed by atoms with E-state index in [1.165, 1.54) is 0 Å². The molecule has 1 amide bonds. The summed E-state index contributed by atoms with van der Waals surface area (Å²) in [7, 11) is 0. The maximum Gasteiger partial charge on any atom is 0.232 e. The molecule has 2 rings (SSSR count). The van der Waals surface area contributed by atoms with Crippen LogP contribution in [0.4, 0.5) is 5.69 Å². The second kappa shape index (κ2) is 4.03. The van der Waals surface area contributed by atoms with E-state index in [1.807, 2.05) is 30.3 Å². The molecule has 15 heavy (non-hydrogen) atoms. The van der Waals surface area contributed by atoms with E-state index in [4.69, 9.17) is 0 Å². The van der Waals surface area contributed by atoms with Crippen molar-refractivity contribution in [3.05, 3.63) is 30.3 Å². The molecule has 0 saturated heterocycles. The average molecular weight is 205 g/mol. The lowest BCUT2D eigenvalue weighted by molar-refractivity contribution is -0.133. The van der Waals surface area contributed by atoms with Gasteiger partial charge in [-0.25, -0.2) is 0 Å². The Morgan fingerprint density at radius 3 is 2.47 bits per heavy atom. The van der Waals surface area contributed by atoms with Gasteiger partial charge in [-0.2, -0.15) is 0 Å². The number of aliphatic hydroxyl groups is 1. The van der Waals surface area contributed by atoms with Gasteiger partial charge in [0.1, 0.15) is 0 Å². The number of amides is 1. The number of hydrogen-bond donors (Lipinski definition) is 2. The van der Waals surface area contributed by atoms with E-state index in [-0.39, 0.29) is 12.5 Å². The minimum Gasteiger partial charge on any atom is -0.395 e. The smallest absolute Gasteiger partial charge is 0.232 e. The fourth-order valence-electron chi connectivity index (χ4n) is 1.85. The number of rotatable bonds is 3. The molecule has 0 atom stereocenters. The third-order valence-corrected chi connectivity index (χ3v) is 3.13. The molecule has 3 nitrogen and oxygen atoms in total. The van der Waals surface area contributed by atoms with Crippen molar-refractivity contribution >= 4 is 11.6 Å². The Kier molecular flexibility index (Phi) is 2.73.